The lowest BCUT2D eigenvalue weighted by Crippen LogP contribution is -2.10. The molecule has 0 fully saturated rings. The summed E-state index contributed by atoms with van der Waals surface area (Å²) in [6.07, 6.45) is 2.42. The van der Waals surface area contributed by atoms with Gasteiger partial charge < -0.3 is 9.84 Å². The normalized spacial score (nSPS) is 11.3. The molecule has 0 aromatic heterocycles. The molecule has 7 heteroatoms. The maximum atomic E-state index is 12.2. The van der Waals surface area contributed by atoms with Crippen molar-refractivity contribution in [1.29, 1.82) is 0 Å². The molecule has 0 aliphatic rings. The van der Waals surface area contributed by atoms with E-state index in [2.05, 4.69) is 0 Å². The molecule has 1 aromatic rings. The molecule has 1 N–H and O–H groups in total. The van der Waals surface area contributed by atoms with Crippen LogP contribution in [0.3, 0.4) is 0 Å². The third-order valence-corrected chi connectivity index (χ3v) is 5.02. The first-order valence-corrected chi connectivity index (χ1v) is 8.60. The zero-order valence-electron chi connectivity index (χ0n) is 10.8. The molecule has 106 valence electrons. The number of carboxylic acids is 1. The molecule has 0 aliphatic heterocycles. The van der Waals surface area contributed by atoms with Gasteiger partial charge in [0.15, 0.2) is 9.84 Å². The van der Waals surface area contributed by atoms with E-state index in [1.807, 2.05) is 6.26 Å². The average molecular weight is 304 g/mol. The third-order valence-electron chi connectivity index (χ3n) is 2.51. The summed E-state index contributed by atoms with van der Waals surface area (Å²) < 4.78 is 29.4. The minimum absolute atomic E-state index is 0.0206. The van der Waals surface area contributed by atoms with E-state index in [0.717, 1.165) is 11.8 Å². The van der Waals surface area contributed by atoms with Crippen molar-refractivity contribution in [1.82, 2.24) is 0 Å². The van der Waals surface area contributed by atoms with Crippen molar-refractivity contribution in [3.8, 4) is 5.75 Å². The number of aromatic carboxylic acids is 1. The van der Waals surface area contributed by atoms with Gasteiger partial charge in [0, 0.05) is 0 Å². The molecule has 1 rings (SSSR count). The number of rotatable bonds is 7. The molecule has 0 radical (unpaired) electrons. The lowest BCUT2D eigenvalue weighted by atomic mass is 10.2. The van der Waals surface area contributed by atoms with Gasteiger partial charge in [-0.1, -0.05) is 0 Å². The molecule has 0 unspecified atom stereocenters. The molecule has 0 saturated carbocycles. The fourth-order valence-electron chi connectivity index (χ4n) is 1.56. The number of thioether (sulfide) groups is 1. The predicted octanol–water partition coefficient (Wildman–Crippen LogP) is 1.92. The summed E-state index contributed by atoms with van der Waals surface area (Å²) in [5.74, 6) is -0.273. The Labute approximate surface area is 116 Å². The van der Waals surface area contributed by atoms with E-state index in [4.69, 9.17) is 9.84 Å². The zero-order chi connectivity index (χ0) is 14.5. The SMILES string of the molecule is COc1ccc(C(=O)O)cc1S(=O)(=O)CCCSC. The lowest BCUT2D eigenvalue weighted by molar-refractivity contribution is 0.0696. The van der Waals surface area contributed by atoms with Gasteiger partial charge in [-0.3, -0.25) is 0 Å². The van der Waals surface area contributed by atoms with Gasteiger partial charge in [0.25, 0.3) is 0 Å². The standard InChI is InChI=1S/C12H16O5S2/c1-17-10-5-4-9(12(13)14)8-11(10)19(15,16)7-3-6-18-2/h4-5,8H,3,6-7H2,1-2H3,(H,13,14). The van der Waals surface area contributed by atoms with Crippen LogP contribution in [0.4, 0.5) is 0 Å². The highest BCUT2D eigenvalue weighted by molar-refractivity contribution is 7.98. The van der Waals surface area contributed by atoms with Crippen LogP contribution in [0.25, 0.3) is 0 Å². The van der Waals surface area contributed by atoms with Gasteiger partial charge in [-0.25, -0.2) is 13.2 Å². The zero-order valence-corrected chi connectivity index (χ0v) is 12.4. The second-order valence-corrected chi connectivity index (χ2v) is 6.90. The highest BCUT2D eigenvalue weighted by atomic mass is 32.2. The molecule has 5 nitrogen and oxygen atoms in total. The largest absolute Gasteiger partial charge is 0.495 e. The lowest BCUT2D eigenvalue weighted by Gasteiger charge is -2.10. The van der Waals surface area contributed by atoms with Crippen molar-refractivity contribution >= 4 is 27.6 Å². The molecule has 0 saturated heterocycles. The van der Waals surface area contributed by atoms with Crippen LogP contribution < -0.4 is 4.74 Å². The van der Waals surface area contributed by atoms with Crippen LogP contribution in [-0.4, -0.2) is 44.4 Å². The fourth-order valence-corrected chi connectivity index (χ4v) is 3.68. The summed E-state index contributed by atoms with van der Waals surface area (Å²) in [6, 6.07) is 3.84. The number of benzene rings is 1. The van der Waals surface area contributed by atoms with Gasteiger partial charge in [-0.2, -0.15) is 11.8 Å². The third kappa shape index (κ3) is 4.14. The summed E-state index contributed by atoms with van der Waals surface area (Å²) in [7, 11) is -2.18. The van der Waals surface area contributed by atoms with Crippen LogP contribution in [0.1, 0.15) is 16.8 Å². The van der Waals surface area contributed by atoms with E-state index in [1.165, 1.54) is 19.2 Å². The van der Waals surface area contributed by atoms with Crippen molar-refractivity contribution in [2.24, 2.45) is 0 Å². The summed E-state index contributed by atoms with van der Waals surface area (Å²) in [5.41, 5.74) is -0.0655. The quantitative estimate of drug-likeness (QED) is 0.775. The smallest absolute Gasteiger partial charge is 0.335 e. The van der Waals surface area contributed by atoms with Crippen molar-refractivity contribution in [3.63, 3.8) is 0 Å². The van der Waals surface area contributed by atoms with Gasteiger partial charge >= 0.3 is 5.97 Å². The van der Waals surface area contributed by atoms with E-state index in [9.17, 15) is 13.2 Å². The second kappa shape index (κ2) is 6.81. The van der Waals surface area contributed by atoms with Gasteiger partial charge in [-0.05, 0) is 36.6 Å². The van der Waals surface area contributed by atoms with Gasteiger partial charge in [-0.15, -0.1) is 0 Å². The van der Waals surface area contributed by atoms with E-state index in [0.29, 0.717) is 6.42 Å². The molecule has 0 amide bonds. The van der Waals surface area contributed by atoms with Crippen LogP contribution in [0.2, 0.25) is 0 Å². The molecular weight excluding hydrogens is 288 g/mol. The minimum Gasteiger partial charge on any atom is -0.495 e. The Kier molecular flexibility index (Phi) is 5.68. The Balaban J connectivity index is 3.15. The maximum Gasteiger partial charge on any atom is 0.335 e. The Bertz CT molecular complexity index is 551. The van der Waals surface area contributed by atoms with Crippen LogP contribution in [0.15, 0.2) is 23.1 Å². The summed E-state index contributed by atoms with van der Waals surface area (Å²) in [6.45, 7) is 0. The molecule has 0 aliphatic carbocycles. The highest BCUT2D eigenvalue weighted by Gasteiger charge is 2.21. The minimum atomic E-state index is -3.53. The number of hydrogen-bond acceptors (Lipinski definition) is 5. The van der Waals surface area contributed by atoms with Crippen molar-refractivity contribution in [2.75, 3.05) is 24.9 Å². The molecule has 0 heterocycles. The number of methoxy groups -OCH3 is 1. The molecule has 0 atom stereocenters. The maximum absolute atomic E-state index is 12.2. The second-order valence-electron chi connectivity index (χ2n) is 3.84. The number of carboxylic acid groups (broad SMARTS) is 1. The van der Waals surface area contributed by atoms with Crippen LogP contribution in [0.5, 0.6) is 5.75 Å². The van der Waals surface area contributed by atoms with E-state index >= 15 is 0 Å². The molecule has 0 spiro atoms. The van der Waals surface area contributed by atoms with Crippen LogP contribution in [0, 0.1) is 0 Å². The molecular formula is C12H16O5S2. The fraction of sp³-hybridized carbons (Fsp3) is 0.417. The van der Waals surface area contributed by atoms with E-state index < -0.39 is 15.8 Å². The predicted molar refractivity (Wildman–Crippen MR) is 75.0 cm³/mol. The number of ether oxygens (including phenoxy) is 1. The Morgan fingerprint density at radius 1 is 1.42 bits per heavy atom. The van der Waals surface area contributed by atoms with E-state index in [1.54, 1.807) is 11.8 Å². The molecule has 0 bridgehead atoms. The average Bonchev–Trinajstić information content (AvgIpc) is 2.38. The van der Waals surface area contributed by atoms with Gasteiger partial charge in [0.1, 0.15) is 10.6 Å². The van der Waals surface area contributed by atoms with Gasteiger partial charge in [0.2, 0.25) is 0 Å². The monoisotopic (exact) mass is 304 g/mol. The number of carbonyl (C=O) groups is 1. The molecule has 1 aromatic carbocycles. The summed E-state index contributed by atoms with van der Waals surface area (Å²) in [4.78, 5) is 10.8. The van der Waals surface area contributed by atoms with Crippen molar-refractivity contribution in [3.05, 3.63) is 23.8 Å². The first kappa shape index (κ1) is 15.8. The molecule has 19 heavy (non-hydrogen) atoms. The highest BCUT2D eigenvalue weighted by Crippen LogP contribution is 2.26. The van der Waals surface area contributed by atoms with Gasteiger partial charge in [0.05, 0.1) is 18.4 Å². The van der Waals surface area contributed by atoms with Crippen molar-refractivity contribution < 1.29 is 23.1 Å². The summed E-state index contributed by atoms with van der Waals surface area (Å²) >= 11 is 1.57. The number of hydrogen-bond donors (Lipinski definition) is 1. The summed E-state index contributed by atoms with van der Waals surface area (Å²) in [5, 5.41) is 8.91. The van der Waals surface area contributed by atoms with Crippen LogP contribution >= 0.6 is 11.8 Å². The van der Waals surface area contributed by atoms with Crippen LogP contribution in [-0.2, 0) is 9.84 Å². The Morgan fingerprint density at radius 3 is 2.63 bits per heavy atom. The first-order chi connectivity index (χ1) is 8.92. The van der Waals surface area contributed by atoms with Crippen molar-refractivity contribution in [2.45, 2.75) is 11.3 Å². The first-order valence-electron chi connectivity index (χ1n) is 5.55. The number of sulfone groups is 1. The Morgan fingerprint density at radius 2 is 2.11 bits per heavy atom. The van der Waals surface area contributed by atoms with E-state index in [-0.39, 0.29) is 22.0 Å². The Hall–Kier alpha value is -1.21. The topological polar surface area (TPSA) is 80.7 Å².